The molecular formula is C14H24N2O3. The van der Waals surface area contributed by atoms with Crippen LogP contribution in [0.15, 0.2) is 0 Å². The van der Waals surface area contributed by atoms with E-state index in [4.69, 9.17) is 5.11 Å². The van der Waals surface area contributed by atoms with Crippen molar-refractivity contribution >= 4 is 11.9 Å². The van der Waals surface area contributed by atoms with Gasteiger partial charge in [-0.05, 0) is 31.6 Å². The molecule has 2 heterocycles. The smallest absolute Gasteiger partial charge is 0.308 e. The fraction of sp³-hybridized carbons (Fsp3) is 0.857. The summed E-state index contributed by atoms with van der Waals surface area (Å²) in [5.41, 5.74) is 0. The number of nitrogens with one attached hydrogen (secondary N) is 2. The van der Waals surface area contributed by atoms with E-state index in [1.807, 2.05) is 13.8 Å². The molecule has 2 aliphatic heterocycles. The fourth-order valence-electron chi connectivity index (χ4n) is 3.31. The quantitative estimate of drug-likeness (QED) is 0.671. The van der Waals surface area contributed by atoms with E-state index in [0.29, 0.717) is 24.4 Å². The third-order valence-corrected chi connectivity index (χ3v) is 4.26. The van der Waals surface area contributed by atoms with Crippen LogP contribution in [0.1, 0.15) is 39.5 Å². The maximum Gasteiger partial charge on any atom is 0.308 e. The number of carboxylic acids is 1. The van der Waals surface area contributed by atoms with Crippen molar-refractivity contribution < 1.29 is 14.7 Å². The molecule has 0 aromatic carbocycles. The van der Waals surface area contributed by atoms with Gasteiger partial charge < -0.3 is 15.7 Å². The van der Waals surface area contributed by atoms with Crippen molar-refractivity contribution in [2.24, 2.45) is 17.8 Å². The Morgan fingerprint density at radius 2 is 2.11 bits per heavy atom. The second kappa shape index (κ2) is 5.90. The van der Waals surface area contributed by atoms with E-state index in [1.54, 1.807) is 0 Å². The van der Waals surface area contributed by atoms with Crippen LogP contribution in [-0.2, 0) is 9.59 Å². The SMILES string of the molecule is CC(C)CC(CNC(=O)C1CC2CCC1N2)C(=O)O. The molecule has 108 valence electrons. The minimum Gasteiger partial charge on any atom is -0.481 e. The highest BCUT2D eigenvalue weighted by Gasteiger charge is 2.42. The van der Waals surface area contributed by atoms with Crippen LogP contribution in [-0.4, -0.2) is 35.6 Å². The first-order chi connectivity index (χ1) is 8.97. The van der Waals surface area contributed by atoms with E-state index in [0.717, 1.165) is 12.8 Å². The molecule has 1 amide bonds. The maximum atomic E-state index is 12.1. The van der Waals surface area contributed by atoms with Crippen molar-refractivity contribution in [3.63, 3.8) is 0 Å². The number of carboxylic acid groups (broad SMARTS) is 1. The lowest BCUT2D eigenvalue weighted by atomic mass is 9.88. The molecule has 2 saturated heterocycles. The summed E-state index contributed by atoms with van der Waals surface area (Å²) in [6.45, 7) is 4.25. The third-order valence-electron chi connectivity index (χ3n) is 4.26. The Morgan fingerprint density at radius 3 is 2.58 bits per heavy atom. The maximum absolute atomic E-state index is 12.1. The standard InChI is InChI=1S/C14H24N2O3/c1-8(2)5-9(14(18)19)7-15-13(17)11-6-10-3-4-12(11)16-10/h8-12,16H,3-7H2,1-2H3,(H,15,17)(H,18,19). The van der Waals surface area contributed by atoms with E-state index < -0.39 is 11.9 Å². The molecule has 0 aromatic rings. The lowest BCUT2D eigenvalue weighted by molar-refractivity contribution is -0.142. The van der Waals surface area contributed by atoms with Gasteiger partial charge in [-0.3, -0.25) is 9.59 Å². The Hall–Kier alpha value is -1.10. The summed E-state index contributed by atoms with van der Waals surface area (Å²) in [5.74, 6) is -0.917. The van der Waals surface area contributed by atoms with Crippen molar-refractivity contribution in [1.29, 1.82) is 0 Å². The summed E-state index contributed by atoms with van der Waals surface area (Å²) in [6, 6.07) is 0.796. The lowest BCUT2D eigenvalue weighted by Gasteiger charge is -2.21. The monoisotopic (exact) mass is 268 g/mol. The Morgan fingerprint density at radius 1 is 1.37 bits per heavy atom. The van der Waals surface area contributed by atoms with Crippen LogP contribution in [0.3, 0.4) is 0 Å². The van der Waals surface area contributed by atoms with Crippen LogP contribution >= 0.6 is 0 Å². The summed E-state index contributed by atoms with van der Waals surface area (Å²) in [7, 11) is 0. The number of rotatable bonds is 6. The van der Waals surface area contributed by atoms with Crippen LogP contribution in [0.2, 0.25) is 0 Å². The molecule has 2 aliphatic rings. The number of aliphatic carboxylic acids is 1. The molecule has 4 atom stereocenters. The molecule has 5 heteroatoms. The van der Waals surface area contributed by atoms with E-state index in [2.05, 4.69) is 10.6 Å². The average Bonchev–Trinajstić information content (AvgIpc) is 2.95. The van der Waals surface area contributed by atoms with Crippen LogP contribution in [0.25, 0.3) is 0 Å². The molecule has 5 nitrogen and oxygen atoms in total. The predicted octanol–water partition coefficient (Wildman–Crippen LogP) is 0.990. The molecule has 4 unspecified atom stereocenters. The van der Waals surface area contributed by atoms with E-state index in [1.165, 1.54) is 6.42 Å². The molecule has 0 saturated carbocycles. The Balaban J connectivity index is 1.80. The van der Waals surface area contributed by atoms with Crippen LogP contribution in [0.4, 0.5) is 0 Å². The summed E-state index contributed by atoms with van der Waals surface area (Å²) in [5, 5.41) is 15.4. The van der Waals surface area contributed by atoms with Crippen LogP contribution in [0, 0.1) is 17.8 Å². The number of carbonyl (C=O) groups is 2. The first-order valence-corrected chi connectivity index (χ1v) is 7.24. The first kappa shape index (κ1) is 14.3. The van der Waals surface area contributed by atoms with Gasteiger partial charge in [0.25, 0.3) is 0 Å². The Kier molecular flexibility index (Phi) is 4.45. The largest absolute Gasteiger partial charge is 0.481 e. The van der Waals surface area contributed by atoms with Gasteiger partial charge in [-0.1, -0.05) is 13.8 Å². The summed E-state index contributed by atoms with van der Waals surface area (Å²) < 4.78 is 0. The summed E-state index contributed by atoms with van der Waals surface area (Å²) in [6.07, 6.45) is 3.74. The normalized spacial score (nSPS) is 30.6. The second-order valence-electron chi connectivity index (χ2n) is 6.30. The molecular weight excluding hydrogens is 244 g/mol. The van der Waals surface area contributed by atoms with Gasteiger partial charge in [-0.25, -0.2) is 0 Å². The van der Waals surface area contributed by atoms with Crippen molar-refractivity contribution in [2.45, 2.75) is 51.6 Å². The van der Waals surface area contributed by atoms with Crippen molar-refractivity contribution in [3.8, 4) is 0 Å². The van der Waals surface area contributed by atoms with Gasteiger partial charge in [0.05, 0.1) is 11.8 Å². The number of hydrogen-bond acceptors (Lipinski definition) is 3. The van der Waals surface area contributed by atoms with Gasteiger partial charge in [-0.15, -0.1) is 0 Å². The second-order valence-corrected chi connectivity index (χ2v) is 6.30. The topological polar surface area (TPSA) is 78.4 Å². The third kappa shape index (κ3) is 3.47. The molecule has 2 fully saturated rings. The van der Waals surface area contributed by atoms with Gasteiger partial charge in [-0.2, -0.15) is 0 Å². The summed E-state index contributed by atoms with van der Waals surface area (Å²) in [4.78, 5) is 23.2. The van der Waals surface area contributed by atoms with Crippen LogP contribution in [0.5, 0.6) is 0 Å². The molecule has 2 bridgehead atoms. The predicted molar refractivity (Wildman–Crippen MR) is 71.6 cm³/mol. The average molecular weight is 268 g/mol. The first-order valence-electron chi connectivity index (χ1n) is 7.24. The highest BCUT2D eigenvalue weighted by Crippen LogP contribution is 2.33. The molecule has 2 rings (SSSR count). The Labute approximate surface area is 114 Å². The molecule has 19 heavy (non-hydrogen) atoms. The number of amides is 1. The van der Waals surface area contributed by atoms with Crippen molar-refractivity contribution in [2.75, 3.05) is 6.54 Å². The van der Waals surface area contributed by atoms with Gasteiger partial charge in [0.2, 0.25) is 5.91 Å². The summed E-state index contributed by atoms with van der Waals surface area (Å²) >= 11 is 0. The van der Waals surface area contributed by atoms with E-state index in [-0.39, 0.29) is 18.4 Å². The van der Waals surface area contributed by atoms with Crippen LogP contribution < -0.4 is 10.6 Å². The Bertz CT molecular complexity index is 357. The molecule has 0 aliphatic carbocycles. The van der Waals surface area contributed by atoms with Crippen molar-refractivity contribution in [3.05, 3.63) is 0 Å². The number of hydrogen-bond donors (Lipinski definition) is 3. The zero-order valence-corrected chi connectivity index (χ0v) is 11.7. The minimum atomic E-state index is -0.819. The molecule has 0 aromatic heterocycles. The molecule has 3 N–H and O–H groups in total. The van der Waals surface area contributed by atoms with Gasteiger partial charge >= 0.3 is 5.97 Å². The van der Waals surface area contributed by atoms with Gasteiger partial charge in [0.15, 0.2) is 0 Å². The zero-order valence-electron chi connectivity index (χ0n) is 11.7. The van der Waals surface area contributed by atoms with Gasteiger partial charge in [0, 0.05) is 18.6 Å². The number of carbonyl (C=O) groups excluding carboxylic acids is 1. The number of fused-ring (bicyclic) bond motifs is 2. The lowest BCUT2D eigenvalue weighted by Crippen LogP contribution is -2.41. The molecule has 0 radical (unpaired) electrons. The fourth-order valence-corrected chi connectivity index (χ4v) is 3.31. The van der Waals surface area contributed by atoms with Crippen molar-refractivity contribution in [1.82, 2.24) is 10.6 Å². The zero-order chi connectivity index (χ0) is 14.0. The van der Waals surface area contributed by atoms with Gasteiger partial charge in [0.1, 0.15) is 0 Å². The minimum absolute atomic E-state index is 0.0229. The highest BCUT2D eigenvalue weighted by molar-refractivity contribution is 5.81. The van der Waals surface area contributed by atoms with E-state index >= 15 is 0 Å². The molecule has 0 spiro atoms. The van der Waals surface area contributed by atoms with E-state index in [9.17, 15) is 9.59 Å². The highest BCUT2D eigenvalue weighted by atomic mass is 16.4.